The smallest absolute Gasteiger partial charge is 0.291 e. The highest BCUT2D eigenvalue weighted by atomic mass is 32.1. The maximum atomic E-state index is 11.8. The minimum atomic E-state index is -0.325. The summed E-state index contributed by atoms with van der Waals surface area (Å²) in [6.07, 6.45) is 1.44. The zero-order chi connectivity index (χ0) is 15.2. The Morgan fingerprint density at radius 1 is 1.05 bits per heavy atom. The van der Waals surface area contributed by atoms with E-state index < -0.39 is 0 Å². The number of nitrogens with one attached hydrogen (secondary N) is 3. The van der Waals surface area contributed by atoms with E-state index >= 15 is 0 Å². The third-order valence-electron chi connectivity index (χ3n) is 2.44. The van der Waals surface area contributed by atoms with Gasteiger partial charge in [-0.25, -0.2) is 0 Å². The van der Waals surface area contributed by atoms with Gasteiger partial charge in [0.25, 0.3) is 5.91 Å². The summed E-state index contributed by atoms with van der Waals surface area (Å²) in [5.74, 6) is -0.326. The van der Waals surface area contributed by atoms with E-state index in [0.717, 1.165) is 0 Å². The lowest BCUT2D eigenvalue weighted by Crippen LogP contribution is -2.32. The van der Waals surface area contributed by atoms with E-state index in [9.17, 15) is 9.59 Å². The predicted octanol–water partition coefficient (Wildman–Crippen LogP) is 2.36. The molecule has 0 aliphatic heterocycles. The van der Waals surface area contributed by atoms with Crippen LogP contribution in [0.4, 0.5) is 11.4 Å². The summed E-state index contributed by atoms with van der Waals surface area (Å²) < 4.78 is 5.00. The molecule has 2 aromatic rings. The number of benzene rings is 1. The Balaban J connectivity index is 1.94. The fourth-order valence-electron chi connectivity index (χ4n) is 1.56. The van der Waals surface area contributed by atoms with Crippen LogP contribution in [0.15, 0.2) is 47.1 Å². The maximum Gasteiger partial charge on any atom is 0.291 e. The topological polar surface area (TPSA) is 83.4 Å². The van der Waals surface area contributed by atoms with E-state index in [1.54, 1.807) is 36.4 Å². The SMILES string of the molecule is CC(=O)NC(=S)Nc1ccc(NC(=O)c2ccco2)cc1. The Bertz CT molecular complexity index is 651. The quantitative estimate of drug-likeness (QED) is 0.758. The normalized spacial score (nSPS) is 9.76. The summed E-state index contributed by atoms with van der Waals surface area (Å²) in [6.45, 7) is 1.38. The molecule has 3 N–H and O–H groups in total. The summed E-state index contributed by atoms with van der Waals surface area (Å²) in [5, 5.41) is 8.22. The summed E-state index contributed by atoms with van der Waals surface area (Å²) in [4.78, 5) is 22.6. The standard InChI is InChI=1S/C14H13N3O3S/c1-9(18)15-14(21)17-11-6-4-10(5-7-11)16-13(19)12-3-2-8-20-12/h2-8H,1H3,(H,16,19)(H2,15,17,18,21). The molecule has 0 spiro atoms. The molecule has 2 rings (SSSR count). The molecule has 1 heterocycles. The molecule has 21 heavy (non-hydrogen) atoms. The lowest BCUT2D eigenvalue weighted by Gasteiger charge is -2.09. The summed E-state index contributed by atoms with van der Waals surface area (Å²) >= 11 is 4.94. The molecule has 1 aromatic heterocycles. The van der Waals surface area contributed by atoms with Crippen LogP contribution in [0.2, 0.25) is 0 Å². The van der Waals surface area contributed by atoms with Crippen molar-refractivity contribution in [2.24, 2.45) is 0 Å². The van der Waals surface area contributed by atoms with Crippen molar-refractivity contribution in [2.75, 3.05) is 10.6 Å². The lowest BCUT2D eigenvalue weighted by molar-refractivity contribution is -0.117. The minimum absolute atomic E-state index is 0.217. The highest BCUT2D eigenvalue weighted by molar-refractivity contribution is 7.80. The molecule has 0 bridgehead atoms. The number of carbonyl (C=O) groups excluding carboxylic acids is 2. The van der Waals surface area contributed by atoms with Gasteiger partial charge in [-0.05, 0) is 48.6 Å². The van der Waals surface area contributed by atoms with E-state index in [1.165, 1.54) is 13.2 Å². The first-order valence-corrected chi connectivity index (χ1v) is 6.49. The molecule has 2 amide bonds. The largest absolute Gasteiger partial charge is 0.459 e. The molecule has 7 heteroatoms. The number of rotatable bonds is 3. The number of hydrogen-bond donors (Lipinski definition) is 3. The second-order valence-corrected chi connectivity index (χ2v) is 4.55. The Hall–Kier alpha value is -2.67. The van der Waals surface area contributed by atoms with Crippen molar-refractivity contribution in [2.45, 2.75) is 6.92 Å². The van der Waals surface area contributed by atoms with Crippen LogP contribution in [0.1, 0.15) is 17.5 Å². The van der Waals surface area contributed by atoms with E-state index in [2.05, 4.69) is 16.0 Å². The summed E-state index contributed by atoms with van der Waals surface area (Å²) in [7, 11) is 0. The van der Waals surface area contributed by atoms with Crippen LogP contribution in [0.25, 0.3) is 0 Å². The van der Waals surface area contributed by atoms with E-state index in [4.69, 9.17) is 16.6 Å². The Kier molecular flexibility index (Phi) is 4.68. The van der Waals surface area contributed by atoms with Crippen molar-refractivity contribution >= 4 is 40.5 Å². The van der Waals surface area contributed by atoms with Crippen molar-refractivity contribution in [1.82, 2.24) is 5.32 Å². The van der Waals surface area contributed by atoms with Gasteiger partial charge < -0.3 is 20.4 Å². The molecule has 0 saturated carbocycles. The maximum absolute atomic E-state index is 11.8. The van der Waals surface area contributed by atoms with Gasteiger partial charge in [-0.15, -0.1) is 0 Å². The fraction of sp³-hybridized carbons (Fsp3) is 0.0714. The van der Waals surface area contributed by atoms with Crippen molar-refractivity contribution < 1.29 is 14.0 Å². The highest BCUT2D eigenvalue weighted by Crippen LogP contribution is 2.14. The first kappa shape index (κ1) is 14.7. The van der Waals surface area contributed by atoms with Crippen LogP contribution in [-0.2, 0) is 4.79 Å². The van der Waals surface area contributed by atoms with Gasteiger partial charge in [-0.3, -0.25) is 9.59 Å². The van der Waals surface area contributed by atoms with Crippen LogP contribution in [0.3, 0.4) is 0 Å². The van der Waals surface area contributed by atoms with Crippen LogP contribution in [0, 0.1) is 0 Å². The monoisotopic (exact) mass is 303 g/mol. The van der Waals surface area contributed by atoms with Gasteiger partial charge in [0, 0.05) is 18.3 Å². The molecule has 0 atom stereocenters. The molecule has 1 aromatic carbocycles. The Morgan fingerprint density at radius 3 is 2.19 bits per heavy atom. The average molecular weight is 303 g/mol. The molecular formula is C14H13N3O3S. The van der Waals surface area contributed by atoms with Crippen molar-refractivity contribution in [3.8, 4) is 0 Å². The molecule has 108 valence electrons. The fourth-order valence-corrected chi connectivity index (χ4v) is 1.82. The number of hydrogen-bond acceptors (Lipinski definition) is 4. The third-order valence-corrected chi connectivity index (χ3v) is 2.64. The van der Waals surface area contributed by atoms with Gasteiger partial charge in [0.2, 0.25) is 5.91 Å². The number of carbonyl (C=O) groups is 2. The molecule has 0 radical (unpaired) electrons. The Morgan fingerprint density at radius 2 is 1.67 bits per heavy atom. The van der Waals surface area contributed by atoms with Gasteiger partial charge in [0.05, 0.1) is 6.26 Å². The van der Waals surface area contributed by atoms with E-state index in [0.29, 0.717) is 11.4 Å². The molecule has 0 unspecified atom stereocenters. The second kappa shape index (κ2) is 6.67. The first-order valence-electron chi connectivity index (χ1n) is 6.08. The van der Waals surface area contributed by atoms with Gasteiger partial charge in [-0.2, -0.15) is 0 Å². The van der Waals surface area contributed by atoms with Crippen LogP contribution < -0.4 is 16.0 Å². The van der Waals surface area contributed by atoms with Gasteiger partial charge in [0.1, 0.15) is 0 Å². The zero-order valence-corrected chi connectivity index (χ0v) is 12.0. The average Bonchev–Trinajstić information content (AvgIpc) is 2.94. The van der Waals surface area contributed by atoms with Crippen molar-refractivity contribution in [1.29, 1.82) is 0 Å². The minimum Gasteiger partial charge on any atom is -0.459 e. The Labute approximate surface area is 126 Å². The van der Waals surface area contributed by atoms with E-state index in [-0.39, 0.29) is 22.7 Å². The number of furan rings is 1. The zero-order valence-electron chi connectivity index (χ0n) is 11.2. The third kappa shape index (κ3) is 4.43. The van der Waals surface area contributed by atoms with Crippen LogP contribution in [0.5, 0.6) is 0 Å². The van der Waals surface area contributed by atoms with Gasteiger partial charge >= 0.3 is 0 Å². The van der Waals surface area contributed by atoms with Crippen molar-refractivity contribution in [3.63, 3.8) is 0 Å². The molecule has 0 aliphatic carbocycles. The molecule has 0 fully saturated rings. The lowest BCUT2D eigenvalue weighted by atomic mass is 10.2. The van der Waals surface area contributed by atoms with Crippen LogP contribution >= 0.6 is 12.2 Å². The number of thiocarbonyl (C=S) groups is 1. The summed E-state index contributed by atoms with van der Waals surface area (Å²) in [5.41, 5.74) is 1.32. The molecule has 6 nitrogen and oxygen atoms in total. The predicted molar refractivity (Wildman–Crippen MR) is 83.1 cm³/mol. The number of amides is 2. The summed E-state index contributed by atoms with van der Waals surface area (Å²) in [6, 6.07) is 10.1. The molecule has 0 saturated heterocycles. The number of anilines is 2. The molecular weight excluding hydrogens is 290 g/mol. The first-order chi connectivity index (χ1) is 10.0. The van der Waals surface area contributed by atoms with Gasteiger partial charge in [-0.1, -0.05) is 0 Å². The van der Waals surface area contributed by atoms with Gasteiger partial charge in [0.15, 0.2) is 10.9 Å². The van der Waals surface area contributed by atoms with E-state index in [1.807, 2.05) is 0 Å². The molecule has 0 aliphatic rings. The van der Waals surface area contributed by atoms with Crippen LogP contribution in [-0.4, -0.2) is 16.9 Å². The highest BCUT2D eigenvalue weighted by Gasteiger charge is 2.08. The van der Waals surface area contributed by atoms with Crippen molar-refractivity contribution in [3.05, 3.63) is 48.4 Å². The second-order valence-electron chi connectivity index (χ2n) is 4.14.